The molecular weight excluding hydrogens is 200 g/mol. The van der Waals surface area contributed by atoms with Crippen LogP contribution in [0, 0.1) is 6.92 Å². The second kappa shape index (κ2) is 4.73. The van der Waals surface area contributed by atoms with E-state index in [9.17, 15) is 0 Å². The van der Waals surface area contributed by atoms with Crippen LogP contribution < -0.4 is 0 Å². The Bertz CT molecular complexity index is 307. The second-order valence-electron chi connectivity index (χ2n) is 2.73. The Labute approximate surface area is 89.0 Å². The summed E-state index contributed by atoms with van der Waals surface area (Å²) < 4.78 is 0. The normalized spacial score (nSPS) is 12.5. The van der Waals surface area contributed by atoms with Crippen molar-refractivity contribution < 1.29 is 0 Å². The summed E-state index contributed by atoms with van der Waals surface area (Å²) in [4.78, 5) is 1.21. The molecule has 0 N–H and O–H groups in total. The van der Waals surface area contributed by atoms with Crippen molar-refractivity contribution in [2.24, 2.45) is 0 Å². The van der Waals surface area contributed by atoms with Crippen LogP contribution in [0.2, 0.25) is 5.02 Å². The summed E-state index contributed by atoms with van der Waals surface area (Å²) in [7, 11) is 0. The van der Waals surface area contributed by atoms with Gasteiger partial charge in [-0.3, -0.25) is 0 Å². The van der Waals surface area contributed by atoms with Gasteiger partial charge in [0, 0.05) is 15.8 Å². The quantitative estimate of drug-likeness (QED) is 0.534. The Hall–Kier alpha value is -0.400. The van der Waals surface area contributed by atoms with E-state index in [-0.39, 0.29) is 5.92 Å². The van der Waals surface area contributed by atoms with Crippen LogP contribution in [0.4, 0.5) is 0 Å². The summed E-state index contributed by atoms with van der Waals surface area (Å²) in [5, 5.41) is 0.753. The average Bonchev–Trinajstić information content (AvgIpc) is 2.16. The average molecular weight is 212 g/mol. The lowest BCUT2D eigenvalue weighted by molar-refractivity contribution is 1.03. The van der Waals surface area contributed by atoms with Gasteiger partial charge in [0.25, 0.3) is 0 Å². The predicted octanol–water partition coefficient (Wildman–Crippen LogP) is 4.17. The van der Waals surface area contributed by atoms with Crippen molar-refractivity contribution in [3.63, 3.8) is 0 Å². The van der Waals surface area contributed by atoms with Crippen LogP contribution >= 0.6 is 23.4 Å². The van der Waals surface area contributed by atoms with E-state index < -0.39 is 0 Å². The molecule has 0 heterocycles. The van der Waals surface area contributed by atoms with Crippen molar-refractivity contribution >= 4 is 23.4 Å². The smallest absolute Gasteiger partial charge is 0.0409 e. The molecule has 1 atom stereocenters. The molecule has 0 saturated heterocycles. The number of halogens is 1. The lowest BCUT2D eigenvalue weighted by atomic mass is 10.0. The van der Waals surface area contributed by atoms with Gasteiger partial charge in [-0.15, -0.1) is 18.3 Å². The maximum atomic E-state index is 5.90. The zero-order chi connectivity index (χ0) is 9.84. The fraction of sp³-hybridized carbons (Fsp3) is 0.182. The zero-order valence-corrected chi connectivity index (χ0v) is 9.16. The van der Waals surface area contributed by atoms with Crippen molar-refractivity contribution in [1.29, 1.82) is 0 Å². The molecular formula is C11H12ClS. The van der Waals surface area contributed by atoms with E-state index in [1.807, 2.05) is 30.5 Å². The van der Waals surface area contributed by atoms with Gasteiger partial charge >= 0.3 is 0 Å². The number of benzene rings is 1. The van der Waals surface area contributed by atoms with Crippen LogP contribution in [0.25, 0.3) is 0 Å². The van der Waals surface area contributed by atoms with Gasteiger partial charge in [-0.05, 0) is 36.9 Å². The summed E-state index contributed by atoms with van der Waals surface area (Å²) in [6, 6.07) is 5.86. The maximum Gasteiger partial charge on any atom is 0.0409 e. The van der Waals surface area contributed by atoms with Gasteiger partial charge in [0.1, 0.15) is 0 Å². The maximum absolute atomic E-state index is 5.90. The highest BCUT2D eigenvalue weighted by Crippen LogP contribution is 2.29. The molecule has 0 aliphatic heterocycles. The summed E-state index contributed by atoms with van der Waals surface area (Å²) in [5.74, 6) is 0.112. The molecule has 0 fully saturated rings. The van der Waals surface area contributed by atoms with E-state index in [0.29, 0.717) is 0 Å². The summed E-state index contributed by atoms with van der Waals surface area (Å²) in [5.41, 5.74) is 1.15. The van der Waals surface area contributed by atoms with Crippen LogP contribution in [0.1, 0.15) is 11.5 Å². The molecule has 0 amide bonds. The first-order chi connectivity index (χ1) is 6.19. The van der Waals surface area contributed by atoms with Gasteiger partial charge in [-0.25, -0.2) is 0 Å². The standard InChI is InChI=1S/C11H12ClS/c1-4-8(2)10-7-9(12)5-6-11(10)13-3/h4-8H,1-2H2,3H3. The van der Waals surface area contributed by atoms with Crippen molar-refractivity contribution in [2.75, 3.05) is 6.26 Å². The summed E-state index contributed by atoms with van der Waals surface area (Å²) in [6.45, 7) is 7.71. The van der Waals surface area contributed by atoms with Gasteiger partial charge in [0.15, 0.2) is 0 Å². The summed E-state index contributed by atoms with van der Waals surface area (Å²) in [6.07, 6.45) is 3.87. The highest BCUT2D eigenvalue weighted by atomic mass is 35.5. The van der Waals surface area contributed by atoms with Gasteiger partial charge in [0.05, 0.1) is 0 Å². The minimum absolute atomic E-state index is 0.112. The second-order valence-corrected chi connectivity index (χ2v) is 4.01. The molecule has 1 aromatic rings. The molecule has 1 rings (SSSR count). The molecule has 13 heavy (non-hydrogen) atoms. The molecule has 1 unspecified atom stereocenters. The van der Waals surface area contributed by atoms with Gasteiger partial charge in [0.2, 0.25) is 0 Å². The molecule has 69 valence electrons. The third-order valence-electron chi connectivity index (χ3n) is 1.88. The Morgan fingerprint density at radius 3 is 2.77 bits per heavy atom. The molecule has 0 saturated carbocycles. The highest BCUT2D eigenvalue weighted by molar-refractivity contribution is 7.98. The molecule has 0 bridgehead atoms. The van der Waals surface area contributed by atoms with Crippen molar-refractivity contribution in [1.82, 2.24) is 0 Å². The molecule has 0 spiro atoms. The Balaban J connectivity index is 3.14. The van der Waals surface area contributed by atoms with E-state index in [2.05, 4.69) is 13.5 Å². The van der Waals surface area contributed by atoms with Crippen LogP contribution in [-0.4, -0.2) is 6.26 Å². The van der Waals surface area contributed by atoms with Crippen LogP contribution in [0.15, 0.2) is 35.7 Å². The van der Waals surface area contributed by atoms with E-state index in [0.717, 1.165) is 10.6 Å². The largest absolute Gasteiger partial charge is 0.129 e. The first kappa shape index (κ1) is 10.7. The fourth-order valence-corrected chi connectivity index (χ4v) is 1.95. The highest BCUT2D eigenvalue weighted by Gasteiger charge is 2.07. The SMILES string of the molecule is [CH2]C(C=C)c1cc(Cl)ccc1SC. The number of rotatable bonds is 3. The van der Waals surface area contributed by atoms with Crippen LogP contribution in [0.5, 0.6) is 0 Å². The molecule has 0 nitrogen and oxygen atoms in total. The first-order valence-corrected chi connectivity index (χ1v) is 5.58. The third kappa shape index (κ3) is 2.52. The number of thioether (sulfide) groups is 1. The number of hydrogen-bond donors (Lipinski definition) is 0. The van der Waals surface area contributed by atoms with E-state index in [1.54, 1.807) is 11.8 Å². The summed E-state index contributed by atoms with van der Waals surface area (Å²) >= 11 is 7.60. The van der Waals surface area contributed by atoms with Gasteiger partial charge < -0.3 is 0 Å². The predicted molar refractivity (Wildman–Crippen MR) is 61.5 cm³/mol. The zero-order valence-electron chi connectivity index (χ0n) is 7.59. The molecule has 0 aliphatic rings. The monoisotopic (exact) mass is 211 g/mol. The Morgan fingerprint density at radius 1 is 1.54 bits per heavy atom. The van der Waals surface area contributed by atoms with Crippen molar-refractivity contribution in [3.05, 3.63) is 48.4 Å². The van der Waals surface area contributed by atoms with Gasteiger partial charge in [-0.1, -0.05) is 17.7 Å². The third-order valence-corrected chi connectivity index (χ3v) is 2.92. The fourth-order valence-electron chi connectivity index (χ4n) is 1.12. The van der Waals surface area contributed by atoms with Crippen LogP contribution in [-0.2, 0) is 0 Å². The molecule has 1 aromatic carbocycles. The van der Waals surface area contributed by atoms with Crippen molar-refractivity contribution in [3.8, 4) is 0 Å². The van der Waals surface area contributed by atoms with Gasteiger partial charge in [-0.2, -0.15) is 0 Å². The Kier molecular flexibility index (Phi) is 3.89. The number of hydrogen-bond acceptors (Lipinski definition) is 1. The minimum Gasteiger partial charge on any atom is -0.129 e. The van der Waals surface area contributed by atoms with Crippen molar-refractivity contribution in [2.45, 2.75) is 10.8 Å². The molecule has 1 radical (unpaired) electrons. The van der Waals surface area contributed by atoms with E-state index >= 15 is 0 Å². The van der Waals surface area contributed by atoms with Crippen LogP contribution in [0.3, 0.4) is 0 Å². The molecule has 0 aliphatic carbocycles. The van der Waals surface area contributed by atoms with E-state index in [1.165, 1.54) is 4.90 Å². The Morgan fingerprint density at radius 2 is 2.23 bits per heavy atom. The molecule has 2 heteroatoms. The first-order valence-electron chi connectivity index (χ1n) is 3.98. The number of allylic oxidation sites excluding steroid dienone is 1. The lowest BCUT2D eigenvalue weighted by Crippen LogP contribution is -1.91. The topological polar surface area (TPSA) is 0 Å². The minimum atomic E-state index is 0.112. The lowest BCUT2D eigenvalue weighted by Gasteiger charge is -2.11. The molecule has 0 aromatic heterocycles. The van der Waals surface area contributed by atoms with E-state index in [4.69, 9.17) is 11.6 Å².